The zero-order chi connectivity index (χ0) is 29.6. The molecule has 2 N–H and O–H groups in total. The van der Waals surface area contributed by atoms with E-state index in [9.17, 15) is 14.7 Å². The van der Waals surface area contributed by atoms with Crippen molar-refractivity contribution in [2.24, 2.45) is 11.8 Å². The third-order valence-electron chi connectivity index (χ3n) is 8.55. The number of amides is 2. The Morgan fingerprint density at radius 3 is 2.62 bits per heavy atom. The van der Waals surface area contributed by atoms with Crippen LogP contribution in [0.1, 0.15) is 66.7 Å². The molecule has 42 heavy (non-hydrogen) atoms. The Hall–Kier alpha value is -3.27. The average molecular weight is 591 g/mol. The summed E-state index contributed by atoms with van der Waals surface area (Å²) in [6.45, 7) is 6.02. The minimum atomic E-state index is -0.346. The third-order valence-corrected chi connectivity index (χ3v) is 9.37. The number of hydrogen-bond acceptors (Lipinski definition) is 7. The van der Waals surface area contributed by atoms with Gasteiger partial charge in [-0.15, -0.1) is 11.3 Å². The van der Waals surface area contributed by atoms with E-state index >= 15 is 0 Å². The zero-order valence-electron chi connectivity index (χ0n) is 24.8. The summed E-state index contributed by atoms with van der Waals surface area (Å²) >= 11 is 1.55. The molecule has 224 valence electrons. The van der Waals surface area contributed by atoms with E-state index in [1.54, 1.807) is 52.8 Å². The molecule has 9 heteroatoms. The van der Waals surface area contributed by atoms with Gasteiger partial charge in [-0.2, -0.15) is 0 Å². The number of carbonyl (C=O) groups excluding carboxylic acids is 2. The number of likely N-dealkylation sites (N-methyl/N-ethyl adjacent to an activating group) is 1. The standard InChI is InChI=1S/C33H42N4O4S/c1-22-18-37(23(2)21-38)33(40)27-10-7-11-28(30(27)41-29(22)20-36(3)19-24-8-5-4-6-9-24)35-31(39)25-12-14-26(15-13-25)32-34-16-17-42-32/h7,10-17,22-24,29,38H,4-6,8-9,18-21H2,1-3H3,(H,35,39)/t22-,23+,29-/m0/s1. The van der Waals surface area contributed by atoms with Gasteiger partial charge in [-0.25, -0.2) is 4.98 Å². The maximum atomic E-state index is 13.8. The highest BCUT2D eigenvalue weighted by Gasteiger charge is 2.35. The van der Waals surface area contributed by atoms with Crippen molar-refractivity contribution in [3.63, 3.8) is 0 Å². The highest BCUT2D eigenvalue weighted by Crippen LogP contribution is 2.35. The number of carbonyl (C=O) groups is 2. The normalized spacial score (nSPS) is 20.4. The predicted octanol–water partition coefficient (Wildman–Crippen LogP) is 5.79. The summed E-state index contributed by atoms with van der Waals surface area (Å²) in [7, 11) is 2.15. The number of hydrogen-bond donors (Lipinski definition) is 2. The second-order valence-electron chi connectivity index (χ2n) is 11.9. The highest BCUT2D eigenvalue weighted by atomic mass is 32.1. The molecule has 0 radical (unpaired) electrons. The average Bonchev–Trinajstić information content (AvgIpc) is 3.55. The Labute approximate surface area is 252 Å². The van der Waals surface area contributed by atoms with Gasteiger partial charge in [0.05, 0.1) is 23.9 Å². The van der Waals surface area contributed by atoms with Gasteiger partial charge in [0, 0.05) is 48.3 Å². The maximum Gasteiger partial charge on any atom is 0.258 e. The molecule has 0 unspecified atom stereocenters. The minimum Gasteiger partial charge on any atom is -0.486 e. The first-order valence-electron chi connectivity index (χ1n) is 15.0. The van der Waals surface area contributed by atoms with Crippen LogP contribution in [-0.2, 0) is 0 Å². The lowest BCUT2D eigenvalue weighted by molar-refractivity contribution is 0.0332. The molecular weight excluding hydrogens is 548 g/mol. The summed E-state index contributed by atoms with van der Waals surface area (Å²) in [6, 6.07) is 12.3. The van der Waals surface area contributed by atoms with Crippen LogP contribution in [0.4, 0.5) is 5.69 Å². The molecule has 3 aromatic rings. The van der Waals surface area contributed by atoms with E-state index in [4.69, 9.17) is 4.74 Å². The van der Waals surface area contributed by atoms with Crippen molar-refractivity contribution >= 4 is 28.8 Å². The molecule has 2 heterocycles. The summed E-state index contributed by atoms with van der Waals surface area (Å²) in [5, 5.41) is 15.8. The van der Waals surface area contributed by atoms with Crippen molar-refractivity contribution in [1.82, 2.24) is 14.8 Å². The van der Waals surface area contributed by atoms with Crippen molar-refractivity contribution in [3.05, 3.63) is 65.2 Å². The van der Waals surface area contributed by atoms with Gasteiger partial charge in [-0.1, -0.05) is 44.4 Å². The van der Waals surface area contributed by atoms with E-state index in [-0.39, 0.29) is 36.5 Å². The van der Waals surface area contributed by atoms with E-state index in [0.29, 0.717) is 41.6 Å². The van der Waals surface area contributed by atoms with Crippen LogP contribution in [0.15, 0.2) is 54.0 Å². The number of para-hydroxylation sites is 1. The second kappa shape index (κ2) is 13.8. The van der Waals surface area contributed by atoms with Gasteiger partial charge in [0.25, 0.3) is 11.8 Å². The van der Waals surface area contributed by atoms with Crippen molar-refractivity contribution in [3.8, 4) is 16.3 Å². The molecule has 8 nitrogen and oxygen atoms in total. The molecule has 5 rings (SSSR count). The zero-order valence-corrected chi connectivity index (χ0v) is 25.6. The van der Waals surface area contributed by atoms with Crippen LogP contribution < -0.4 is 10.1 Å². The minimum absolute atomic E-state index is 0.00655. The third kappa shape index (κ3) is 7.02. The van der Waals surface area contributed by atoms with Gasteiger partial charge < -0.3 is 25.0 Å². The van der Waals surface area contributed by atoms with Crippen molar-refractivity contribution in [2.75, 3.05) is 38.6 Å². The number of thiazole rings is 1. The quantitative estimate of drug-likeness (QED) is 0.327. The Morgan fingerprint density at radius 1 is 1.17 bits per heavy atom. The Morgan fingerprint density at radius 2 is 1.93 bits per heavy atom. The molecule has 2 aromatic carbocycles. The van der Waals surface area contributed by atoms with Gasteiger partial charge in [-0.05, 0) is 57.0 Å². The van der Waals surface area contributed by atoms with Crippen LogP contribution in [0.3, 0.4) is 0 Å². The smallest absolute Gasteiger partial charge is 0.258 e. The maximum absolute atomic E-state index is 13.8. The molecule has 0 bridgehead atoms. The fourth-order valence-electron chi connectivity index (χ4n) is 6.08. The van der Waals surface area contributed by atoms with E-state index in [0.717, 1.165) is 17.1 Å². The second-order valence-corrected chi connectivity index (χ2v) is 12.8. The molecule has 1 aliphatic carbocycles. The largest absolute Gasteiger partial charge is 0.486 e. The Bertz CT molecular complexity index is 1340. The summed E-state index contributed by atoms with van der Waals surface area (Å²) < 4.78 is 6.70. The van der Waals surface area contributed by atoms with E-state index < -0.39 is 0 Å². The highest BCUT2D eigenvalue weighted by molar-refractivity contribution is 7.13. The van der Waals surface area contributed by atoms with Gasteiger partial charge in [0.1, 0.15) is 11.1 Å². The summed E-state index contributed by atoms with van der Waals surface area (Å²) in [6.07, 6.45) is 8.02. The lowest BCUT2D eigenvalue weighted by Crippen LogP contribution is -2.50. The van der Waals surface area contributed by atoms with Crippen LogP contribution in [-0.4, -0.2) is 77.1 Å². The number of nitrogens with zero attached hydrogens (tertiary/aromatic N) is 3. The topological polar surface area (TPSA) is 95.0 Å². The van der Waals surface area contributed by atoms with E-state index in [1.807, 2.05) is 24.4 Å². The monoisotopic (exact) mass is 590 g/mol. The number of ether oxygens (including phenoxy) is 1. The number of rotatable bonds is 9. The predicted molar refractivity (Wildman–Crippen MR) is 167 cm³/mol. The van der Waals surface area contributed by atoms with Crippen LogP contribution in [0, 0.1) is 11.8 Å². The molecule has 0 saturated heterocycles. The number of fused-ring (bicyclic) bond motifs is 1. The fourth-order valence-corrected chi connectivity index (χ4v) is 6.72. The molecule has 1 saturated carbocycles. The summed E-state index contributed by atoms with van der Waals surface area (Å²) in [4.78, 5) is 35.6. The number of aromatic nitrogens is 1. The number of benzene rings is 2. The fraction of sp³-hybridized carbons (Fsp3) is 0.485. The van der Waals surface area contributed by atoms with Gasteiger partial charge >= 0.3 is 0 Å². The van der Waals surface area contributed by atoms with Crippen LogP contribution in [0.5, 0.6) is 5.75 Å². The van der Waals surface area contributed by atoms with Crippen LogP contribution in [0.2, 0.25) is 0 Å². The van der Waals surface area contributed by atoms with Gasteiger partial charge in [0.2, 0.25) is 0 Å². The van der Waals surface area contributed by atoms with Crippen molar-refractivity contribution in [2.45, 2.75) is 58.1 Å². The lowest BCUT2D eigenvalue weighted by Gasteiger charge is -2.39. The van der Waals surface area contributed by atoms with Crippen molar-refractivity contribution < 1.29 is 19.4 Å². The number of aliphatic hydroxyl groups is 1. The number of anilines is 1. The molecule has 3 atom stereocenters. The summed E-state index contributed by atoms with van der Waals surface area (Å²) in [5.41, 5.74) is 2.30. The van der Waals surface area contributed by atoms with Gasteiger partial charge in [0.15, 0.2) is 5.75 Å². The first kappa shape index (κ1) is 30.2. The molecule has 0 spiro atoms. The lowest BCUT2D eigenvalue weighted by atomic mass is 9.89. The molecule has 1 fully saturated rings. The van der Waals surface area contributed by atoms with Crippen LogP contribution >= 0.6 is 11.3 Å². The molecular formula is C33H42N4O4S. The molecule has 1 aromatic heterocycles. The Balaban J connectivity index is 1.41. The van der Waals surface area contributed by atoms with E-state index in [2.05, 4.69) is 29.2 Å². The summed E-state index contributed by atoms with van der Waals surface area (Å²) in [5.74, 6) is 0.590. The molecule has 2 aliphatic rings. The Kier molecular flexibility index (Phi) is 9.92. The molecule has 1 aliphatic heterocycles. The van der Waals surface area contributed by atoms with Crippen LogP contribution in [0.25, 0.3) is 10.6 Å². The first-order chi connectivity index (χ1) is 20.3. The number of nitrogens with one attached hydrogen (secondary N) is 1. The number of aliphatic hydroxyl groups excluding tert-OH is 1. The van der Waals surface area contributed by atoms with Crippen molar-refractivity contribution in [1.29, 1.82) is 0 Å². The molecule has 2 amide bonds. The van der Waals surface area contributed by atoms with E-state index in [1.165, 1.54) is 32.1 Å². The van der Waals surface area contributed by atoms with Gasteiger partial charge in [-0.3, -0.25) is 9.59 Å². The SMILES string of the molecule is C[C@H](CO)N1C[C@H](C)[C@H](CN(C)CC2CCCCC2)Oc2c(NC(=O)c3ccc(-c4nccs4)cc3)cccc2C1=O. The first-order valence-corrected chi connectivity index (χ1v) is 15.9.